The molecule has 6 atom stereocenters. The molecule has 0 saturated carbocycles. The normalized spacial score (nSPS) is 14.4. The van der Waals surface area contributed by atoms with E-state index in [1.165, 1.54) is 161 Å². The van der Waals surface area contributed by atoms with E-state index in [2.05, 4.69) is 41.5 Å². The number of esters is 4. The molecule has 0 aliphatic heterocycles. The first kappa shape index (κ1) is 87.1. The Bertz CT molecular complexity index is 1740. The largest absolute Gasteiger partial charge is 0.472 e. The van der Waals surface area contributed by atoms with Crippen molar-refractivity contribution < 1.29 is 80.2 Å². The van der Waals surface area contributed by atoms with Gasteiger partial charge in [0.25, 0.3) is 0 Å². The molecule has 0 aliphatic rings. The van der Waals surface area contributed by atoms with Crippen molar-refractivity contribution >= 4 is 39.5 Å². The van der Waals surface area contributed by atoms with E-state index in [9.17, 15) is 43.2 Å². The van der Waals surface area contributed by atoms with E-state index in [-0.39, 0.29) is 25.7 Å². The van der Waals surface area contributed by atoms with E-state index in [1.807, 2.05) is 0 Å². The fraction of sp³-hybridized carbons (Fsp3) is 0.943. The highest BCUT2D eigenvalue weighted by Gasteiger charge is 2.30. The molecule has 17 nitrogen and oxygen atoms in total. The highest BCUT2D eigenvalue weighted by Crippen LogP contribution is 2.45. The Kier molecular flexibility index (Phi) is 60.8. The second-order valence-corrected chi connectivity index (χ2v) is 28.9. The Morgan fingerprint density at radius 2 is 0.573 bits per heavy atom. The van der Waals surface area contributed by atoms with Gasteiger partial charge in [0.2, 0.25) is 0 Å². The number of carbonyl (C=O) groups excluding carboxylic acids is 4. The van der Waals surface area contributed by atoms with Crippen LogP contribution >= 0.6 is 15.6 Å². The van der Waals surface area contributed by atoms with Gasteiger partial charge in [-0.2, -0.15) is 0 Å². The molecule has 0 bridgehead atoms. The molecule has 0 aromatic rings. The van der Waals surface area contributed by atoms with E-state index in [0.717, 1.165) is 115 Å². The van der Waals surface area contributed by atoms with Crippen LogP contribution in [0.15, 0.2) is 0 Å². The zero-order valence-electron chi connectivity index (χ0n) is 57.7. The average Bonchev–Trinajstić information content (AvgIpc) is 3.70. The van der Waals surface area contributed by atoms with E-state index < -0.39 is 97.5 Å². The maximum atomic E-state index is 13.0. The van der Waals surface area contributed by atoms with E-state index in [0.29, 0.717) is 25.7 Å². The van der Waals surface area contributed by atoms with Crippen molar-refractivity contribution in [3.8, 4) is 0 Å². The van der Waals surface area contributed by atoms with Crippen LogP contribution < -0.4 is 0 Å². The summed E-state index contributed by atoms with van der Waals surface area (Å²) < 4.78 is 68.2. The van der Waals surface area contributed by atoms with Crippen LogP contribution in [0, 0.1) is 11.8 Å². The van der Waals surface area contributed by atoms with Crippen LogP contribution in [0.1, 0.15) is 356 Å². The highest BCUT2D eigenvalue weighted by molar-refractivity contribution is 7.47. The number of phosphoric ester groups is 2. The summed E-state index contributed by atoms with van der Waals surface area (Å²) in [4.78, 5) is 72.4. The molecule has 89 heavy (non-hydrogen) atoms. The van der Waals surface area contributed by atoms with Gasteiger partial charge in [-0.05, 0) is 37.5 Å². The highest BCUT2D eigenvalue weighted by atomic mass is 31.2. The molecule has 0 radical (unpaired) electrons. The molecular weight excluding hydrogens is 1170 g/mol. The quantitative estimate of drug-likeness (QED) is 0.0222. The molecule has 0 aliphatic carbocycles. The Hall–Kier alpha value is -1.94. The molecule has 0 heterocycles. The molecule has 0 amide bonds. The summed E-state index contributed by atoms with van der Waals surface area (Å²) >= 11 is 0. The molecule has 0 rings (SSSR count). The van der Waals surface area contributed by atoms with Gasteiger partial charge in [0.1, 0.15) is 19.3 Å². The monoisotopic (exact) mass is 1310 g/mol. The SMILES string of the molecule is CCCCCCCCCCCCCCC(=O)O[C@H](COC(=O)CCCCCCCCC)COP(=O)(O)OC[C@H](O)COP(=O)(O)OC[C@@H](COC(=O)CCCCCCCCCCCCC(C)CC)OC(=O)CCCCCCCCCCCCCCCC(C)C. The van der Waals surface area contributed by atoms with Crippen molar-refractivity contribution in [2.24, 2.45) is 11.8 Å². The van der Waals surface area contributed by atoms with Crippen LogP contribution in [-0.2, 0) is 65.4 Å². The molecule has 0 saturated heterocycles. The van der Waals surface area contributed by atoms with Crippen molar-refractivity contribution in [2.75, 3.05) is 39.6 Å². The van der Waals surface area contributed by atoms with Gasteiger partial charge in [-0.3, -0.25) is 37.3 Å². The van der Waals surface area contributed by atoms with Crippen molar-refractivity contribution in [3.05, 3.63) is 0 Å². The Balaban J connectivity index is 5.22. The molecule has 0 aromatic carbocycles. The van der Waals surface area contributed by atoms with Gasteiger partial charge in [-0.15, -0.1) is 0 Å². The van der Waals surface area contributed by atoms with Crippen LogP contribution in [0.3, 0.4) is 0 Å². The minimum Gasteiger partial charge on any atom is -0.462 e. The van der Waals surface area contributed by atoms with Crippen LogP contribution in [0.5, 0.6) is 0 Å². The standard InChI is InChI=1S/C70H136O17P2/c1-7-10-12-14-16-17-18-23-30-36-42-48-54-69(74)86-65(58-80-67(72)52-46-40-32-15-13-11-8-2)60-84-88(76,77)82-56-64(71)57-83-89(78,79)85-61-66(59-81-68(73)53-47-41-35-29-26-25-28-34-39-45-51-63(6)9-3)87-70(75)55-49-43-37-31-24-21-19-20-22-27-33-38-44-50-62(4)5/h62-66,71H,7-61H2,1-6H3,(H,76,77)(H,78,79)/t63?,64-,65+,66+/m0/s1. The second kappa shape index (κ2) is 62.2. The van der Waals surface area contributed by atoms with Gasteiger partial charge in [-0.25, -0.2) is 9.13 Å². The number of rotatable bonds is 69. The number of hydrogen-bond acceptors (Lipinski definition) is 15. The number of phosphoric acid groups is 2. The Labute approximate surface area is 543 Å². The molecule has 0 fully saturated rings. The molecule has 3 unspecified atom stereocenters. The minimum absolute atomic E-state index is 0.107. The number of aliphatic hydroxyl groups excluding tert-OH is 1. The summed E-state index contributed by atoms with van der Waals surface area (Å²) in [6.07, 6.45) is 47.1. The first-order valence-electron chi connectivity index (χ1n) is 36.5. The summed E-state index contributed by atoms with van der Waals surface area (Å²) in [7, 11) is -9.90. The summed E-state index contributed by atoms with van der Waals surface area (Å²) in [5.41, 5.74) is 0. The Morgan fingerprint density at radius 3 is 0.854 bits per heavy atom. The summed E-state index contributed by atoms with van der Waals surface area (Å²) in [5.74, 6) is -0.531. The van der Waals surface area contributed by atoms with Gasteiger partial charge >= 0.3 is 39.5 Å². The number of hydrogen-bond donors (Lipinski definition) is 3. The lowest BCUT2D eigenvalue weighted by molar-refractivity contribution is -0.161. The molecular formula is C70H136O17P2. The molecule has 528 valence electrons. The molecule has 19 heteroatoms. The minimum atomic E-state index is -4.95. The number of ether oxygens (including phenoxy) is 4. The third kappa shape index (κ3) is 63.2. The fourth-order valence-electron chi connectivity index (χ4n) is 10.6. The van der Waals surface area contributed by atoms with Crippen LogP contribution in [0.25, 0.3) is 0 Å². The first-order chi connectivity index (χ1) is 42.9. The van der Waals surface area contributed by atoms with E-state index in [1.54, 1.807) is 0 Å². The predicted molar refractivity (Wildman–Crippen MR) is 358 cm³/mol. The first-order valence-corrected chi connectivity index (χ1v) is 39.5. The van der Waals surface area contributed by atoms with Crippen LogP contribution in [0.2, 0.25) is 0 Å². The third-order valence-corrected chi connectivity index (χ3v) is 18.5. The third-order valence-electron chi connectivity index (χ3n) is 16.6. The van der Waals surface area contributed by atoms with Crippen molar-refractivity contribution in [1.29, 1.82) is 0 Å². The lowest BCUT2D eigenvalue weighted by atomic mass is 9.99. The summed E-state index contributed by atoms with van der Waals surface area (Å²) in [6.45, 7) is 9.56. The maximum Gasteiger partial charge on any atom is 0.472 e. The number of carbonyl (C=O) groups is 4. The van der Waals surface area contributed by atoms with Gasteiger partial charge in [0.05, 0.1) is 26.4 Å². The topological polar surface area (TPSA) is 237 Å². The average molecular weight is 1310 g/mol. The smallest absolute Gasteiger partial charge is 0.462 e. The fourth-order valence-corrected chi connectivity index (χ4v) is 12.1. The molecule has 0 spiro atoms. The Morgan fingerprint density at radius 1 is 0.326 bits per heavy atom. The van der Waals surface area contributed by atoms with Crippen LogP contribution in [-0.4, -0.2) is 96.7 Å². The summed E-state index contributed by atoms with van der Waals surface area (Å²) in [5, 5.41) is 10.6. The zero-order chi connectivity index (χ0) is 65.7. The van der Waals surface area contributed by atoms with Gasteiger partial charge in [-0.1, -0.05) is 305 Å². The lowest BCUT2D eigenvalue weighted by Gasteiger charge is -2.21. The van der Waals surface area contributed by atoms with Gasteiger partial charge in [0.15, 0.2) is 12.2 Å². The maximum absolute atomic E-state index is 13.0. The lowest BCUT2D eigenvalue weighted by Crippen LogP contribution is -2.30. The van der Waals surface area contributed by atoms with Gasteiger partial charge < -0.3 is 33.8 Å². The number of aliphatic hydroxyl groups is 1. The van der Waals surface area contributed by atoms with Crippen molar-refractivity contribution in [1.82, 2.24) is 0 Å². The summed E-state index contributed by atoms with van der Waals surface area (Å²) in [6, 6.07) is 0. The molecule has 3 N–H and O–H groups in total. The predicted octanol–water partition coefficient (Wildman–Crippen LogP) is 20.0. The van der Waals surface area contributed by atoms with Gasteiger partial charge in [0, 0.05) is 25.7 Å². The van der Waals surface area contributed by atoms with E-state index in [4.69, 9.17) is 37.0 Å². The van der Waals surface area contributed by atoms with E-state index >= 15 is 0 Å². The van der Waals surface area contributed by atoms with Crippen LogP contribution in [0.4, 0.5) is 0 Å². The molecule has 0 aromatic heterocycles. The van der Waals surface area contributed by atoms with Crippen molar-refractivity contribution in [3.63, 3.8) is 0 Å². The zero-order valence-corrected chi connectivity index (χ0v) is 59.5. The number of unbranched alkanes of at least 4 members (excludes halogenated alkanes) is 38. The second-order valence-electron chi connectivity index (χ2n) is 26.0. The van der Waals surface area contributed by atoms with Crippen molar-refractivity contribution in [2.45, 2.75) is 374 Å².